The Kier molecular flexibility index (Phi) is 4.45. The van der Waals surface area contributed by atoms with Crippen LogP contribution in [0.15, 0.2) is 18.2 Å². The van der Waals surface area contributed by atoms with Gasteiger partial charge in [0.15, 0.2) is 5.75 Å². The lowest BCUT2D eigenvalue weighted by atomic mass is 10.2. The number of aliphatic hydroxyl groups excluding tert-OH is 1. The van der Waals surface area contributed by atoms with Gasteiger partial charge in [0.25, 0.3) is 8.32 Å². The Labute approximate surface area is 111 Å². The van der Waals surface area contributed by atoms with Gasteiger partial charge in [-0.1, -0.05) is 26.8 Å². The first kappa shape index (κ1) is 15.1. The molecule has 0 aliphatic rings. The average molecular weight is 268 g/mol. The summed E-state index contributed by atoms with van der Waals surface area (Å²) in [5.41, 5.74) is 0.828. The van der Waals surface area contributed by atoms with Crippen LogP contribution in [0.1, 0.15) is 26.3 Å². The standard InChI is InChI=1S/C14H24O3Si/c1-14(2,3)18(5,6)17-12-8-7-11(10-15)9-13(12)16-4/h7-9,15H,10H2,1-6H3. The molecule has 0 aliphatic carbocycles. The lowest BCUT2D eigenvalue weighted by Gasteiger charge is -2.36. The van der Waals surface area contributed by atoms with Crippen LogP contribution < -0.4 is 9.16 Å². The van der Waals surface area contributed by atoms with Gasteiger partial charge in [0, 0.05) is 0 Å². The first-order valence-corrected chi connectivity index (χ1v) is 9.09. The minimum Gasteiger partial charge on any atom is -0.541 e. The van der Waals surface area contributed by atoms with E-state index in [1.165, 1.54) is 0 Å². The van der Waals surface area contributed by atoms with Crippen molar-refractivity contribution >= 4 is 8.32 Å². The van der Waals surface area contributed by atoms with Crippen LogP contribution in [-0.4, -0.2) is 20.5 Å². The third kappa shape index (κ3) is 3.27. The van der Waals surface area contributed by atoms with Crippen molar-refractivity contribution < 1.29 is 14.3 Å². The first-order chi connectivity index (χ1) is 8.21. The number of rotatable bonds is 4. The maximum atomic E-state index is 9.12. The molecule has 0 amide bonds. The zero-order valence-corrected chi connectivity index (χ0v) is 13.2. The number of ether oxygens (including phenoxy) is 1. The van der Waals surface area contributed by atoms with E-state index in [4.69, 9.17) is 14.3 Å². The van der Waals surface area contributed by atoms with Gasteiger partial charge in [-0.05, 0) is 35.8 Å². The molecule has 0 spiro atoms. The summed E-state index contributed by atoms with van der Waals surface area (Å²) in [5, 5.41) is 9.27. The lowest BCUT2D eigenvalue weighted by molar-refractivity contribution is 0.280. The molecule has 1 aromatic carbocycles. The van der Waals surface area contributed by atoms with E-state index in [0.29, 0.717) is 5.75 Å². The zero-order valence-electron chi connectivity index (χ0n) is 12.2. The van der Waals surface area contributed by atoms with Crippen LogP contribution in [0.5, 0.6) is 11.5 Å². The van der Waals surface area contributed by atoms with Gasteiger partial charge in [-0.15, -0.1) is 0 Å². The van der Waals surface area contributed by atoms with Gasteiger partial charge in [0.05, 0.1) is 13.7 Å². The Morgan fingerprint density at radius 3 is 2.22 bits per heavy atom. The molecule has 1 rings (SSSR count). The van der Waals surface area contributed by atoms with E-state index in [0.717, 1.165) is 11.3 Å². The number of hydrogen-bond acceptors (Lipinski definition) is 3. The summed E-state index contributed by atoms with van der Waals surface area (Å²) in [6.45, 7) is 11.0. The fraction of sp³-hybridized carbons (Fsp3) is 0.571. The number of benzene rings is 1. The van der Waals surface area contributed by atoms with Crippen molar-refractivity contribution in [3.05, 3.63) is 23.8 Å². The van der Waals surface area contributed by atoms with Gasteiger partial charge in [-0.2, -0.15) is 0 Å². The van der Waals surface area contributed by atoms with E-state index in [2.05, 4.69) is 33.9 Å². The summed E-state index contributed by atoms with van der Waals surface area (Å²) in [6, 6.07) is 5.57. The van der Waals surface area contributed by atoms with E-state index in [1.807, 2.05) is 18.2 Å². The van der Waals surface area contributed by atoms with Gasteiger partial charge >= 0.3 is 0 Å². The molecular formula is C14H24O3Si. The molecule has 0 unspecified atom stereocenters. The van der Waals surface area contributed by atoms with Crippen molar-refractivity contribution in [3.8, 4) is 11.5 Å². The third-order valence-electron chi connectivity index (χ3n) is 3.58. The highest BCUT2D eigenvalue weighted by atomic mass is 28.4. The summed E-state index contributed by atoms with van der Waals surface area (Å²) < 4.78 is 11.6. The fourth-order valence-electron chi connectivity index (χ4n) is 1.32. The van der Waals surface area contributed by atoms with Crippen molar-refractivity contribution in [2.75, 3.05) is 7.11 Å². The van der Waals surface area contributed by atoms with E-state index in [1.54, 1.807) is 7.11 Å². The summed E-state index contributed by atoms with van der Waals surface area (Å²) in [4.78, 5) is 0. The normalized spacial score (nSPS) is 12.4. The molecule has 0 aliphatic heterocycles. The number of aliphatic hydroxyl groups is 1. The molecule has 0 bridgehead atoms. The molecule has 0 radical (unpaired) electrons. The van der Waals surface area contributed by atoms with Crippen LogP contribution in [0.4, 0.5) is 0 Å². The summed E-state index contributed by atoms with van der Waals surface area (Å²) >= 11 is 0. The second-order valence-electron chi connectivity index (χ2n) is 6.01. The van der Waals surface area contributed by atoms with Crippen molar-refractivity contribution in [1.29, 1.82) is 0 Å². The largest absolute Gasteiger partial charge is 0.541 e. The molecule has 1 aromatic rings. The van der Waals surface area contributed by atoms with E-state index >= 15 is 0 Å². The summed E-state index contributed by atoms with van der Waals surface area (Å²) in [7, 11) is -0.243. The predicted molar refractivity (Wildman–Crippen MR) is 76.7 cm³/mol. The van der Waals surface area contributed by atoms with Crippen molar-refractivity contribution in [3.63, 3.8) is 0 Å². The lowest BCUT2D eigenvalue weighted by Crippen LogP contribution is -2.43. The van der Waals surface area contributed by atoms with E-state index in [-0.39, 0.29) is 11.6 Å². The molecule has 4 heteroatoms. The fourth-order valence-corrected chi connectivity index (χ4v) is 2.35. The predicted octanol–water partition coefficient (Wildman–Crippen LogP) is 3.57. The Morgan fingerprint density at radius 2 is 1.78 bits per heavy atom. The Hall–Kier alpha value is -1.00. The van der Waals surface area contributed by atoms with E-state index < -0.39 is 8.32 Å². The van der Waals surface area contributed by atoms with Crippen molar-refractivity contribution in [1.82, 2.24) is 0 Å². The highest BCUT2D eigenvalue weighted by Crippen LogP contribution is 2.40. The van der Waals surface area contributed by atoms with Crippen LogP contribution in [-0.2, 0) is 6.61 Å². The maximum Gasteiger partial charge on any atom is 0.250 e. The summed E-state index contributed by atoms with van der Waals surface area (Å²) in [6.07, 6.45) is 0. The molecule has 0 saturated carbocycles. The molecule has 0 fully saturated rings. The average Bonchev–Trinajstić information content (AvgIpc) is 2.27. The van der Waals surface area contributed by atoms with Crippen LogP contribution in [0.3, 0.4) is 0 Å². The molecule has 3 nitrogen and oxygen atoms in total. The van der Waals surface area contributed by atoms with Crippen molar-refractivity contribution in [2.45, 2.75) is 45.5 Å². The SMILES string of the molecule is COc1cc(CO)ccc1O[Si](C)(C)C(C)(C)C. The Balaban J connectivity index is 3.04. The van der Waals surface area contributed by atoms with Gasteiger partial charge in [0.1, 0.15) is 5.75 Å². The minimum atomic E-state index is -1.86. The summed E-state index contributed by atoms with van der Waals surface area (Å²) in [5.74, 6) is 1.45. The van der Waals surface area contributed by atoms with Gasteiger partial charge < -0.3 is 14.3 Å². The van der Waals surface area contributed by atoms with E-state index in [9.17, 15) is 0 Å². The smallest absolute Gasteiger partial charge is 0.250 e. The zero-order chi connectivity index (χ0) is 14.0. The first-order valence-electron chi connectivity index (χ1n) is 6.18. The molecule has 0 saturated heterocycles. The molecule has 1 N–H and O–H groups in total. The molecule has 102 valence electrons. The molecule has 0 heterocycles. The molecule has 18 heavy (non-hydrogen) atoms. The molecular weight excluding hydrogens is 244 g/mol. The maximum absolute atomic E-state index is 9.12. The Morgan fingerprint density at radius 1 is 1.17 bits per heavy atom. The highest BCUT2D eigenvalue weighted by Gasteiger charge is 2.39. The number of methoxy groups -OCH3 is 1. The van der Waals surface area contributed by atoms with Crippen LogP contribution in [0.2, 0.25) is 18.1 Å². The highest BCUT2D eigenvalue weighted by molar-refractivity contribution is 6.74. The molecule has 0 atom stereocenters. The van der Waals surface area contributed by atoms with Gasteiger partial charge in [-0.3, -0.25) is 0 Å². The van der Waals surface area contributed by atoms with Crippen molar-refractivity contribution in [2.24, 2.45) is 0 Å². The van der Waals surface area contributed by atoms with Gasteiger partial charge in [0.2, 0.25) is 0 Å². The third-order valence-corrected chi connectivity index (χ3v) is 7.92. The minimum absolute atomic E-state index is 0.0106. The Bertz CT molecular complexity index is 408. The second kappa shape index (κ2) is 5.32. The second-order valence-corrected chi connectivity index (χ2v) is 10.7. The van der Waals surface area contributed by atoms with Crippen LogP contribution in [0.25, 0.3) is 0 Å². The number of hydrogen-bond donors (Lipinski definition) is 1. The van der Waals surface area contributed by atoms with Crippen LogP contribution in [0, 0.1) is 0 Å². The van der Waals surface area contributed by atoms with Gasteiger partial charge in [-0.25, -0.2) is 0 Å². The quantitative estimate of drug-likeness (QED) is 0.848. The van der Waals surface area contributed by atoms with Crippen LogP contribution >= 0.6 is 0 Å². The monoisotopic (exact) mass is 268 g/mol. The topological polar surface area (TPSA) is 38.7 Å². The molecule has 0 aromatic heterocycles.